The van der Waals surface area contributed by atoms with Crippen LogP contribution in [0.25, 0.3) is 0 Å². The number of nitro groups is 1. The van der Waals surface area contributed by atoms with Gasteiger partial charge in [-0.15, -0.1) is 0 Å². The van der Waals surface area contributed by atoms with Crippen LogP contribution in [0, 0.1) is 16.0 Å². The van der Waals surface area contributed by atoms with Gasteiger partial charge in [0.05, 0.1) is 11.0 Å². The Morgan fingerprint density at radius 3 is 2.62 bits per heavy atom. The van der Waals surface area contributed by atoms with Gasteiger partial charge in [0.2, 0.25) is 6.79 Å². The minimum Gasteiger partial charge on any atom is -0.454 e. The van der Waals surface area contributed by atoms with E-state index in [-0.39, 0.29) is 17.4 Å². The minimum absolute atomic E-state index is 0.0443. The first-order valence-corrected chi connectivity index (χ1v) is 7.56. The molecule has 1 aromatic carbocycles. The molecule has 0 radical (unpaired) electrons. The van der Waals surface area contributed by atoms with Crippen LogP contribution in [0.1, 0.15) is 38.5 Å². The van der Waals surface area contributed by atoms with Crippen molar-refractivity contribution in [1.82, 2.24) is 0 Å². The molecule has 0 bridgehead atoms. The van der Waals surface area contributed by atoms with Gasteiger partial charge in [-0.05, 0) is 12.3 Å². The number of hydrogen-bond acceptors (Lipinski definition) is 5. The molecule has 1 aromatic rings. The summed E-state index contributed by atoms with van der Waals surface area (Å²) in [4.78, 5) is 10.8. The third-order valence-corrected chi connectivity index (χ3v) is 4.28. The zero-order valence-electron chi connectivity index (χ0n) is 12.0. The smallest absolute Gasteiger partial charge is 0.296 e. The van der Waals surface area contributed by atoms with Crippen molar-refractivity contribution in [2.75, 3.05) is 18.7 Å². The first-order valence-electron chi connectivity index (χ1n) is 7.56. The number of nitrogens with one attached hydrogen (secondary N) is 1. The maximum Gasteiger partial charge on any atom is 0.296 e. The molecule has 1 N–H and O–H groups in total. The third kappa shape index (κ3) is 3.20. The first kappa shape index (κ1) is 14.0. The van der Waals surface area contributed by atoms with Crippen molar-refractivity contribution >= 4 is 11.4 Å². The van der Waals surface area contributed by atoms with Crippen molar-refractivity contribution in [2.24, 2.45) is 5.92 Å². The molecule has 1 saturated carbocycles. The monoisotopic (exact) mass is 292 g/mol. The molecule has 6 heteroatoms. The highest BCUT2D eigenvalue weighted by Crippen LogP contribution is 2.40. The number of nitrogens with zero attached hydrogens (tertiary/aromatic N) is 1. The minimum atomic E-state index is -0.384. The molecule has 21 heavy (non-hydrogen) atoms. The molecule has 0 atom stereocenters. The molecule has 1 fully saturated rings. The Morgan fingerprint density at radius 1 is 1.19 bits per heavy atom. The van der Waals surface area contributed by atoms with Crippen LogP contribution >= 0.6 is 0 Å². The fourth-order valence-corrected chi connectivity index (χ4v) is 3.11. The lowest BCUT2D eigenvalue weighted by Gasteiger charge is -2.21. The van der Waals surface area contributed by atoms with Crippen molar-refractivity contribution in [3.8, 4) is 11.5 Å². The summed E-state index contributed by atoms with van der Waals surface area (Å²) in [5, 5.41) is 14.4. The van der Waals surface area contributed by atoms with Crippen LogP contribution < -0.4 is 14.8 Å². The Balaban J connectivity index is 1.65. The molecule has 1 aliphatic heterocycles. The van der Waals surface area contributed by atoms with E-state index in [0.29, 0.717) is 17.2 Å². The van der Waals surface area contributed by atoms with E-state index in [1.54, 1.807) is 6.07 Å². The number of hydrogen-bond donors (Lipinski definition) is 1. The van der Waals surface area contributed by atoms with Gasteiger partial charge >= 0.3 is 0 Å². The lowest BCUT2D eigenvalue weighted by atomic mass is 9.87. The van der Waals surface area contributed by atoms with Gasteiger partial charge in [-0.2, -0.15) is 0 Å². The summed E-state index contributed by atoms with van der Waals surface area (Å²) < 4.78 is 10.5. The van der Waals surface area contributed by atoms with Gasteiger partial charge in [-0.3, -0.25) is 10.1 Å². The van der Waals surface area contributed by atoms with Gasteiger partial charge in [0.25, 0.3) is 5.69 Å². The third-order valence-electron chi connectivity index (χ3n) is 4.28. The molecule has 2 aliphatic rings. The van der Waals surface area contributed by atoms with Crippen molar-refractivity contribution in [1.29, 1.82) is 0 Å². The molecule has 0 spiro atoms. The topological polar surface area (TPSA) is 73.6 Å². The van der Waals surface area contributed by atoms with Crippen LogP contribution in [-0.4, -0.2) is 18.3 Å². The van der Waals surface area contributed by atoms with Crippen LogP contribution in [0.3, 0.4) is 0 Å². The number of fused-ring (bicyclic) bond motifs is 1. The highest BCUT2D eigenvalue weighted by atomic mass is 16.7. The zero-order chi connectivity index (χ0) is 14.7. The number of benzene rings is 1. The Labute approximate surface area is 123 Å². The number of ether oxygens (including phenoxy) is 2. The van der Waals surface area contributed by atoms with E-state index in [1.165, 1.54) is 38.2 Å². The molecule has 0 saturated heterocycles. The van der Waals surface area contributed by atoms with E-state index >= 15 is 0 Å². The van der Waals surface area contributed by atoms with E-state index in [1.807, 2.05) is 0 Å². The highest BCUT2D eigenvalue weighted by molar-refractivity contribution is 5.68. The van der Waals surface area contributed by atoms with Crippen molar-refractivity contribution < 1.29 is 14.4 Å². The molecule has 1 heterocycles. The maximum atomic E-state index is 11.2. The Bertz CT molecular complexity index is 527. The van der Waals surface area contributed by atoms with Gasteiger partial charge in [0, 0.05) is 12.6 Å². The highest BCUT2D eigenvalue weighted by Gasteiger charge is 2.23. The predicted molar refractivity (Wildman–Crippen MR) is 78.9 cm³/mol. The fraction of sp³-hybridized carbons (Fsp3) is 0.600. The van der Waals surface area contributed by atoms with Crippen LogP contribution in [-0.2, 0) is 0 Å². The predicted octanol–water partition coefficient (Wildman–Crippen LogP) is 3.71. The summed E-state index contributed by atoms with van der Waals surface area (Å²) in [6.07, 6.45) is 7.60. The van der Waals surface area contributed by atoms with Gasteiger partial charge in [0.15, 0.2) is 11.5 Å². The van der Waals surface area contributed by atoms with E-state index in [2.05, 4.69) is 5.32 Å². The van der Waals surface area contributed by atoms with E-state index < -0.39 is 0 Å². The molecular weight excluding hydrogens is 272 g/mol. The van der Waals surface area contributed by atoms with Gasteiger partial charge in [-0.25, -0.2) is 0 Å². The van der Waals surface area contributed by atoms with Crippen molar-refractivity contribution in [3.63, 3.8) is 0 Å². The molecule has 0 amide bonds. The van der Waals surface area contributed by atoms with Crippen LogP contribution in [0.2, 0.25) is 0 Å². The second kappa shape index (κ2) is 6.20. The molecule has 6 nitrogen and oxygen atoms in total. The molecular formula is C15H20N2O4. The van der Waals surface area contributed by atoms with Crippen molar-refractivity contribution in [2.45, 2.75) is 38.5 Å². The van der Waals surface area contributed by atoms with Gasteiger partial charge < -0.3 is 14.8 Å². The molecule has 3 rings (SSSR count). The van der Waals surface area contributed by atoms with Crippen LogP contribution in [0.5, 0.6) is 11.5 Å². The molecule has 0 aromatic heterocycles. The van der Waals surface area contributed by atoms with Gasteiger partial charge in [0.1, 0.15) is 5.69 Å². The normalized spacial score (nSPS) is 17.7. The molecule has 1 aliphatic carbocycles. The Morgan fingerprint density at radius 2 is 1.90 bits per heavy atom. The summed E-state index contributed by atoms with van der Waals surface area (Å²) in [5.74, 6) is 1.76. The van der Waals surface area contributed by atoms with Crippen LogP contribution in [0.15, 0.2) is 12.1 Å². The number of nitro benzene ring substituents is 1. The Hall–Kier alpha value is -1.98. The number of anilines is 1. The van der Waals surface area contributed by atoms with Crippen molar-refractivity contribution in [3.05, 3.63) is 22.2 Å². The molecule has 114 valence electrons. The first-order chi connectivity index (χ1) is 10.2. The average Bonchev–Trinajstić information content (AvgIpc) is 2.94. The zero-order valence-corrected chi connectivity index (χ0v) is 12.0. The SMILES string of the molecule is O=[N+]([O-])c1cc2c(cc1NCCC1CCCCC1)OCO2. The fourth-order valence-electron chi connectivity index (χ4n) is 3.11. The summed E-state index contributed by atoms with van der Waals surface area (Å²) in [5.41, 5.74) is 0.558. The summed E-state index contributed by atoms with van der Waals surface area (Å²) in [6, 6.07) is 3.10. The maximum absolute atomic E-state index is 11.2. The molecule has 0 unspecified atom stereocenters. The van der Waals surface area contributed by atoms with Gasteiger partial charge in [-0.1, -0.05) is 32.1 Å². The summed E-state index contributed by atoms with van der Waals surface area (Å²) in [7, 11) is 0. The lowest BCUT2D eigenvalue weighted by Crippen LogP contribution is -2.12. The standard InChI is InChI=1S/C15H20N2O4/c18-17(19)13-9-15-14(20-10-21-15)8-12(13)16-7-6-11-4-2-1-3-5-11/h8-9,11,16H,1-7,10H2. The summed E-state index contributed by atoms with van der Waals surface area (Å²) in [6.45, 7) is 0.878. The van der Waals surface area contributed by atoms with E-state index in [9.17, 15) is 10.1 Å². The summed E-state index contributed by atoms with van der Waals surface area (Å²) >= 11 is 0. The average molecular weight is 292 g/mol. The van der Waals surface area contributed by atoms with Crippen LogP contribution in [0.4, 0.5) is 11.4 Å². The largest absolute Gasteiger partial charge is 0.454 e. The quantitative estimate of drug-likeness (QED) is 0.661. The lowest BCUT2D eigenvalue weighted by molar-refractivity contribution is -0.384. The van der Waals surface area contributed by atoms with E-state index in [0.717, 1.165) is 18.9 Å². The number of rotatable bonds is 5. The second-order valence-electron chi connectivity index (χ2n) is 5.70. The second-order valence-corrected chi connectivity index (χ2v) is 5.70. The Kier molecular flexibility index (Phi) is 4.13. The van der Waals surface area contributed by atoms with E-state index in [4.69, 9.17) is 9.47 Å².